The first-order chi connectivity index (χ1) is 9.43. The molecule has 2 aromatic rings. The molecule has 20 heavy (non-hydrogen) atoms. The van der Waals surface area contributed by atoms with Crippen molar-refractivity contribution in [2.75, 3.05) is 12.8 Å². The third-order valence-electron chi connectivity index (χ3n) is 2.72. The van der Waals surface area contributed by atoms with Crippen molar-refractivity contribution in [2.24, 2.45) is 0 Å². The molecule has 1 aromatic heterocycles. The van der Waals surface area contributed by atoms with Crippen LogP contribution in [0.5, 0.6) is 0 Å². The fraction of sp³-hybridized carbons (Fsp3) is 0.154. The van der Waals surface area contributed by atoms with Gasteiger partial charge in [-0.3, -0.25) is 0 Å². The number of thiophene rings is 1. The SMILES string of the molecule is CN(Cc1cccc(C#N)c1)S(=O)(=O)c1cc(N)cs1. The van der Waals surface area contributed by atoms with Gasteiger partial charge in [0.2, 0.25) is 0 Å². The van der Waals surface area contributed by atoms with Crippen LogP contribution < -0.4 is 5.73 Å². The third-order valence-corrected chi connectivity index (χ3v) is 5.96. The van der Waals surface area contributed by atoms with Crippen LogP contribution in [0.4, 0.5) is 5.69 Å². The van der Waals surface area contributed by atoms with Crippen molar-refractivity contribution in [3.8, 4) is 6.07 Å². The fourth-order valence-electron chi connectivity index (χ4n) is 1.70. The van der Waals surface area contributed by atoms with Gasteiger partial charge in [0.15, 0.2) is 0 Å². The zero-order valence-corrected chi connectivity index (χ0v) is 12.4. The van der Waals surface area contributed by atoms with Gasteiger partial charge in [-0.1, -0.05) is 12.1 Å². The third kappa shape index (κ3) is 2.99. The molecule has 5 nitrogen and oxygen atoms in total. The number of sulfonamides is 1. The van der Waals surface area contributed by atoms with Crippen LogP contribution in [0, 0.1) is 11.3 Å². The zero-order chi connectivity index (χ0) is 14.8. The molecule has 0 saturated carbocycles. The summed E-state index contributed by atoms with van der Waals surface area (Å²) in [5.41, 5.74) is 7.27. The number of benzene rings is 1. The number of nitrogens with two attached hydrogens (primary N) is 1. The molecular weight excluding hydrogens is 294 g/mol. The molecule has 0 unspecified atom stereocenters. The Morgan fingerprint density at radius 2 is 2.15 bits per heavy atom. The zero-order valence-electron chi connectivity index (χ0n) is 10.8. The predicted octanol–water partition coefficient (Wildman–Crippen LogP) is 2.02. The molecule has 2 rings (SSSR count). The average molecular weight is 307 g/mol. The van der Waals surface area contributed by atoms with E-state index in [-0.39, 0.29) is 10.8 Å². The summed E-state index contributed by atoms with van der Waals surface area (Å²) in [5, 5.41) is 10.4. The van der Waals surface area contributed by atoms with Crippen LogP contribution in [0.25, 0.3) is 0 Å². The summed E-state index contributed by atoms with van der Waals surface area (Å²) in [6.45, 7) is 0.204. The van der Waals surface area contributed by atoms with E-state index in [9.17, 15) is 8.42 Å². The number of anilines is 1. The normalized spacial score (nSPS) is 11.4. The molecule has 0 atom stereocenters. The minimum Gasteiger partial charge on any atom is -0.398 e. The Kier molecular flexibility index (Phi) is 4.09. The summed E-state index contributed by atoms with van der Waals surface area (Å²) in [4.78, 5) is 0. The lowest BCUT2D eigenvalue weighted by molar-refractivity contribution is 0.468. The molecule has 0 bridgehead atoms. The van der Waals surface area contributed by atoms with Gasteiger partial charge in [-0.2, -0.15) is 9.57 Å². The van der Waals surface area contributed by atoms with Crippen molar-refractivity contribution in [1.82, 2.24) is 4.31 Å². The molecule has 1 heterocycles. The maximum atomic E-state index is 12.3. The first-order valence-electron chi connectivity index (χ1n) is 5.73. The first-order valence-corrected chi connectivity index (χ1v) is 8.05. The number of rotatable bonds is 4. The van der Waals surface area contributed by atoms with E-state index in [1.54, 1.807) is 29.6 Å². The molecule has 1 aromatic carbocycles. The number of nitrogens with zero attached hydrogens (tertiary/aromatic N) is 2. The molecule has 0 radical (unpaired) electrons. The van der Waals surface area contributed by atoms with E-state index < -0.39 is 10.0 Å². The van der Waals surface area contributed by atoms with Crippen molar-refractivity contribution >= 4 is 27.0 Å². The molecule has 0 fully saturated rings. The van der Waals surface area contributed by atoms with E-state index in [1.165, 1.54) is 17.4 Å². The van der Waals surface area contributed by atoms with Crippen molar-refractivity contribution in [1.29, 1.82) is 5.26 Å². The highest BCUT2D eigenvalue weighted by Gasteiger charge is 2.22. The van der Waals surface area contributed by atoms with Crippen LogP contribution in [0.2, 0.25) is 0 Å². The Hall–Kier alpha value is -1.88. The van der Waals surface area contributed by atoms with Crippen molar-refractivity contribution in [3.05, 3.63) is 46.8 Å². The van der Waals surface area contributed by atoms with Crippen LogP contribution in [-0.4, -0.2) is 19.8 Å². The fourth-order valence-corrected chi connectivity index (χ4v) is 4.15. The lowest BCUT2D eigenvalue weighted by Gasteiger charge is -2.16. The quantitative estimate of drug-likeness (QED) is 0.936. The molecule has 2 N–H and O–H groups in total. The van der Waals surface area contributed by atoms with Gasteiger partial charge in [-0.25, -0.2) is 8.42 Å². The lowest BCUT2D eigenvalue weighted by atomic mass is 10.1. The highest BCUT2D eigenvalue weighted by molar-refractivity contribution is 7.91. The molecule has 0 aliphatic rings. The maximum absolute atomic E-state index is 12.3. The van der Waals surface area contributed by atoms with E-state index in [0.29, 0.717) is 11.3 Å². The van der Waals surface area contributed by atoms with E-state index >= 15 is 0 Å². The number of nitrogen functional groups attached to an aromatic ring is 1. The smallest absolute Gasteiger partial charge is 0.252 e. The molecular formula is C13H13N3O2S2. The second-order valence-electron chi connectivity index (χ2n) is 4.27. The van der Waals surface area contributed by atoms with Gasteiger partial charge in [0.1, 0.15) is 4.21 Å². The Morgan fingerprint density at radius 3 is 2.75 bits per heavy atom. The van der Waals surface area contributed by atoms with Gasteiger partial charge in [0.05, 0.1) is 11.6 Å². The molecule has 104 valence electrons. The topological polar surface area (TPSA) is 87.2 Å². The van der Waals surface area contributed by atoms with Crippen molar-refractivity contribution in [2.45, 2.75) is 10.8 Å². The monoisotopic (exact) mass is 307 g/mol. The summed E-state index contributed by atoms with van der Waals surface area (Å²) in [6.07, 6.45) is 0. The number of hydrogen-bond acceptors (Lipinski definition) is 5. The van der Waals surface area contributed by atoms with Gasteiger partial charge in [-0.05, 0) is 23.8 Å². The van der Waals surface area contributed by atoms with Crippen molar-refractivity contribution < 1.29 is 8.42 Å². The van der Waals surface area contributed by atoms with E-state index in [0.717, 1.165) is 16.9 Å². The van der Waals surface area contributed by atoms with E-state index in [2.05, 4.69) is 0 Å². The number of nitriles is 1. The largest absolute Gasteiger partial charge is 0.398 e. The molecule has 0 aliphatic carbocycles. The Bertz CT molecular complexity index is 760. The minimum atomic E-state index is -3.55. The van der Waals surface area contributed by atoms with E-state index in [4.69, 9.17) is 11.0 Å². The van der Waals surface area contributed by atoms with Gasteiger partial charge < -0.3 is 5.73 Å². The Balaban J connectivity index is 2.23. The molecule has 7 heteroatoms. The number of hydrogen-bond donors (Lipinski definition) is 1. The van der Waals surface area contributed by atoms with Gasteiger partial charge in [-0.15, -0.1) is 11.3 Å². The summed E-state index contributed by atoms with van der Waals surface area (Å²) in [5.74, 6) is 0. The second kappa shape index (κ2) is 5.63. The first kappa shape index (κ1) is 14.5. The predicted molar refractivity (Wildman–Crippen MR) is 78.5 cm³/mol. The molecule has 0 saturated heterocycles. The summed E-state index contributed by atoms with van der Waals surface area (Å²) < 4.78 is 26.1. The van der Waals surface area contributed by atoms with Crippen LogP contribution in [-0.2, 0) is 16.6 Å². The van der Waals surface area contributed by atoms with E-state index in [1.807, 2.05) is 6.07 Å². The molecule has 0 aliphatic heterocycles. The van der Waals surface area contributed by atoms with Gasteiger partial charge in [0, 0.05) is 24.7 Å². The highest BCUT2D eigenvalue weighted by atomic mass is 32.2. The second-order valence-corrected chi connectivity index (χ2v) is 7.46. The van der Waals surface area contributed by atoms with Crippen LogP contribution in [0.1, 0.15) is 11.1 Å². The molecule has 0 spiro atoms. The summed E-state index contributed by atoms with van der Waals surface area (Å²) in [6, 6.07) is 10.4. The maximum Gasteiger partial charge on any atom is 0.252 e. The van der Waals surface area contributed by atoms with Gasteiger partial charge >= 0.3 is 0 Å². The standard InChI is InChI=1S/C13H13N3O2S2/c1-16(8-11-4-2-3-10(5-11)7-14)20(17,18)13-6-12(15)9-19-13/h2-6,9H,8,15H2,1H3. The highest BCUT2D eigenvalue weighted by Crippen LogP contribution is 2.25. The van der Waals surface area contributed by atoms with Crippen LogP contribution in [0.3, 0.4) is 0 Å². The summed E-state index contributed by atoms with van der Waals surface area (Å²) >= 11 is 1.10. The van der Waals surface area contributed by atoms with Crippen molar-refractivity contribution in [3.63, 3.8) is 0 Å². The minimum absolute atomic E-state index is 0.204. The lowest BCUT2D eigenvalue weighted by Crippen LogP contribution is -2.25. The summed E-state index contributed by atoms with van der Waals surface area (Å²) in [7, 11) is -2.04. The molecule has 0 amide bonds. The average Bonchev–Trinajstić information content (AvgIpc) is 2.86. The van der Waals surface area contributed by atoms with Gasteiger partial charge in [0.25, 0.3) is 10.0 Å². The Labute approximate surface area is 121 Å². The van der Waals surface area contributed by atoms with Crippen LogP contribution in [0.15, 0.2) is 39.9 Å². The Morgan fingerprint density at radius 1 is 1.40 bits per heavy atom. The van der Waals surface area contributed by atoms with Crippen LogP contribution >= 0.6 is 11.3 Å².